The molecule has 0 bridgehead atoms. The maximum atomic E-state index is 11.3. The summed E-state index contributed by atoms with van der Waals surface area (Å²) in [7, 11) is 0. The van der Waals surface area contributed by atoms with Gasteiger partial charge in [-0.15, -0.1) is 23.0 Å². The second-order valence-electron chi connectivity index (χ2n) is 32.2. The molecule has 0 aliphatic heterocycles. The van der Waals surface area contributed by atoms with Gasteiger partial charge in [0, 0.05) is 0 Å². The zero-order valence-electron chi connectivity index (χ0n) is 76.4. The van der Waals surface area contributed by atoms with Crippen LogP contribution in [0.3, 0.4) is 0 Å². The van der Waals surface area contributed by atoms with E-state index in [4.69, 9.17) is 69.5 Å². The molecule has 0 aromatic carbocycles. The van der Waals surface area contributed by atoms with E-state index in [0.29, 0.717) is 75.1 Å². The molecule has 0 heterocycles. The van der Waals surface area contributed by atoms with Gasteiger partial charge in [-0.3, -0.25) is 19.2 Å². The third-order valence-electron chi connectivity index (χ3n) is 21.1. The predicted octanol–water partition coefficient (Wildman–Crippen LogP) is 32.9. The Hall–Kier alpha value is 0.187. The fraction of sp³-hybridized carbons (Fsp3) is 0.882. The average Bonchev–Trinajstić information content (AvgIpc) is 1.08. The van der Waals surface area contributed by atoms with Crippen LogP contribution in [0.1, 0.15) is 531 Å². The normalized spacial score (nSPS) is 10.9. The van der Waals surface area contributed by atoms with Gasteiger partial charge in [0.15, 0.2) is 0 Å². The molecule has 4 radical (unpaired) electrons. The van der Waals surface area contributed by atoms with Gasteiger partial charge in [0.25, 0.3) is 0 Å². The largest absolute Gasteiger partial charge is 2.00 e. The molecule has 0 spiro atoms. The van der Waals surface area contributed by atoms with Crippen molar-refractivity contribution in [1.82, 2.24) is 0 Å². The molecule has 0 amide bonds. The van der Waals surface area contributed by atoms with Gasteiger partial charge in [0.05, 0.1) is 52.1 Å². The molecule has 0 rings (SSSR count). The van der Waals surface area contributed by atoms with Gasteiger partial charge in [-0.25, -0.2) is 0 Å². The van der Waals surface area contributed by atoms with Gasteiger partial charge >= 0.3 is 71.7 Å². The number of carbonyl (C=O) groups is 4. The van der Waals surface area contributed by atoms with Crippen LogP contribution >= 0.6 is 13.5 Å². The fourth-order valence-electron chi connectivity index (χ4n) is 14.0. The summed E-state index contributed by atoms with van der Waals surface area (Å²) in [6.07, 6.45) is 118. The van der Waals surface area contributed by atoms with Gasteiger partial charge in [0.2, 0.25) is 0 Å². The number of rotatable bonds is 88. The topological polar surface area (TPSA) is 105 Å². The number of ether oxygens (including phenoxy) is 4. The number of hydrogen-bond donors (Lipinski definition) is 0. The Balaban J connectivity index is -0.000000187. The van der Waals surface area contributed by atoms with E-state index in [0.717, 1.165) is 25.7 Å². The first-order valence-electron chi connectivity index (χ1n) is 48.8. The van der Waals surface area contributed by atoms with Crippen LogP contribution in [0.2, 0.25) is 0 Å². The third-order valence-corrected chi connectivity index (χ3v) is 21.8. The van der Waals surface area contributed by atoms with Crippen molar-refractivity contribution in [2.24, 2.45) is 0 Å². The number of hydrogen-bond acceptors (Lipinski definition) is 12. The van der Waals surface area contributed by atoms with Crippen molar-refractivity contribution in [3.05, 3.63) is 48.6 Å². The van der Waals surface area contributed by atoms with E-state index in [1.54, 1.807) is 0 Å². The van der Waals surface area contributed by atoms with Gasteiger partial charge in [0.1, 0.15) is 0 Å². The SMILES string of the molecule is C.C.CCCCCCCCCCCCCCCCCCC/C=C/CC(=O)OCC[S-].CCCCCCCCCCCCCCCCCCC/C=C/CC(=O)OCC[S-].CCCCCCCCCCCCCCCCCCC/C=C/CC(=O)OCC[S-].CCCCCCCCCCCCCCCCCCC/C=C/CC(=O)OCC[S-].S.[Sn+2].[Sn+2]. The van der Waals surface area contributed by atoms with Crippen LogP contribution in [-0.4, -0.2) is 121 Å². The first kappa shape index (κ1) is 135. The monoisotopic (exact) mass is 1950 g/mol. The van der Waals surface area contributed by atoms with Crippen molar-refractivity contribution in [1.29, 1.82) is 0 Å². The zero-order valence-corrected chi connectivity index (χ0v) is 86.4. The standard InChI is InChI=1S/4C25H48O2S.2CH4.H2S.2Sn/c4*1-2-3-4-5-6-7-8-9-10-11-12-13-14-15-16-17-18-19-20-21-22-25(26)27-23-24-28;;;;;/h4*20-21,28H,2-19,22-24H2,1H3;2*1H4;1H2;;/q;;;;;;;2*+2/p-4/b4*21-20+;;;;;. The number of allylic oxidation sites excluding steroid dienone is 4. The van der Waals surface area contributed by atoms with Crippen molar-refractivity contribution in [3.63, 3.8) is 0 Å². The van der Waals surface area contributed by atoms with Gasteiger partial charge in [-0.1, -0.05) is 502 Å². The summed E-state index contributed by atoms with van der Waals surface area (Å²) in [5.74, 6) is 1.27. The molecule has 0 atom stereocenters. The maximum absolute atomic E-state index is 11.3. The number of esters is 4. The summed E-state index contributed by atoms with van der Waals surface area (Å²) < 4.78 is 19.7. The third kappa shape index (κ3) is 140. The second kappa shape index (κ2) is 132. The maximum Gasteiger partial charge on any atom is 2.00 e. The Morgan fingerprint density at radius 3 is 0.393 bits per heavy atom. The van der Waals surface area contributed by atoms with Crippen molar-refractivity contribution < 1.29 is 38.1 Å². The Morgan fingerprint density at radius 2 is 0.291 bits per heavy atom. The molecule has 0 aliphatic carbocycles. The van der Waals surface area contributed by atoms with E-state index >= 15 is 0 Å². The van der Waals surface area contributed by atoms with Crippen LogP contribution in [0.5, 0.6) is 0 Å². The molecule has 692 valence electrons. The minimum Gasteiger partial charge on any atom is -0.789 e. The number of carbonyl (C=O) groups excluding carboxylic acids is 4. The van der Waals surface area contributed by atoms with E-state index in [9.17, 15) is 19.2 Å². The minimum absolute atomic E-state index is 0. The zero-order chi connectivity index (χ0) is 82.2. The summed E-state index contributed by atoms with van der Waals surface area (Å²) in [6, 6.07) is 0. The van der Waals surface area contributed by atoms with Crippen LogP contribution in [-0.2, 0) is 88.6 Å². The van der Waals surface area contributed by atoms with Gasteiger partial charge in [-0.05, 0) is 51.4 Å². The second-order valence-corrected chi connectivity index (χ2v) is 33.8. The van der Waals surface area contributed by atoms with Crippen molar-refractivity contribution >= 4 is 136 Å². The number of unbranched alkanes of at least 4 members (excludes halogenated alkanes) is 68. The molecule has 0 saturated heterocycles. The molecule has 15 heteroatoms. The molecule has 0 aromatic rings. The smallest absolute Gasteiger partial charge is 0.789 e. The summed E-state index contributed by atoms with van der Waals surface area (Å²) in [5, 5.41) is 0. The Kier molecular flexibility index (Phi) is 152. The summed E-state index contributed by atoms with van der Waals surface area (Å²) in [4.78, 5) is 45.1. The van der Waals surface area contributed by atoms with Crippen molar-refractivity contribution in [3.8, 4) is 0 Å². The van der Waals surface area contributed by atoms with Crippen LogP contribution in [0.25, 0.3) is 0 Å². The molecule has 0 aliphatic rings. The molecule has 0 saturated carbocycles. The molecular weight excluding hydrogens is 1750 g/mol. The first-order chi connectivity index (χ1) is 55.2. The van der Waals surface area contributed by atoms with Crippen LogP contribution in [0, 0.1) is 0 Å². The molecular formula is C102H198O8S5Sn2. The van der Waals surface area contributed by atoms with E-state index in [1.807, 2.05) is 24.3 Å². The van der Waals surface area contributed by atoms with Gasteiger partial charge in [-0.2, -0.15) is 13.5 Å². The van der Waals surface area contributed by atoms with Gasteiger partial charge < -0.3 is 69.5 Å². The molecule has 8 nitrogen and oxygen atoms in total. The van der Waals surface area contributed by atoms with Crippen molar-refractivity contribution in [2.45, 2.75) is 531 Å². The molecule has 0 N–H and O–H groups in total. The molecule has 117 heavy (non-hydrogen) atoms. The quantitative estimate of drug-likeness (QED) is 0.0145. The Morgan fingerprint density at radius 1 is 0.188 bits per heavy atom. The molecule has 0 fully saturated rings. The van der Waals surface area contributed by atoms with E-state index in [-0.39, 0.29) is 100 Å². The first-order valence-corrected chi connectivity index (χ1v) is 51.1. The van der Waals surface area contributed by atoms with Crippen LogP contribution in [0.4, 0.5) is 0 Å². The summed E-state index contributed by atoms with van der Waals surface area (Å²) >= 11 is 19.0. The molecule has 0 unspecified atom stereocenters. The van der Waals surface area contributed by atoms with Crippen LogP contribution < -0.4 is 0 Å². The minimum atomic E-state index is -0.163. The van der Waals surface area contributed by atoms with E-state index in [1.165, 1.54) is 437 Å². The van der Waals surface area contributed by atoms with E-state index < -0.39 is 0 Å². The Labute approximate surface area is 795 Å². The van der Waals surface area contributed by atoms with E-state index in [2.05, 4.69) is 52.0 Å². The Bertz CT molecular complexity index is 1650. The summed E-state index contributed by atoms with van der Waals surface area (Å²) in [6.45, 7) is 10.6. The average molecular weight is 1950 g/mol. The molecule has 0 aromatic heterocycles. The fourth-order valence-corrected chi connectivity index (χ4v) is 14.3. The summed E-state index contributed by atoms with van der Waals surface area (Å²) in [5.41, 5.74) is 0. The predicted molar refractivity (Wildman–Crippen MR) is 538 cm³/mol. The van der Waals surface area contributed by atoms with Crippen LogP contribution in [0.15, 0.2) is 48.6 Å². The van der Waals surface area contributed by atoms with Crippen molar-refractivity contribution in [2.75, 3.05) is 49.4 Å².